The van der Waals surface area contributed by atoms with Gasteiger partial charge in [0.05, 0.1) is 0 Å². The molecule has 2 aliphatic rings. The van der Waals surface area contributed by atoms with E-state index in [2.05, 4.69) is 43.7 Å². The summed E-state index contributed by atoms with van der Waals surface area (Å²) in [5, 5.41) is 0. The molecule has 0 spiro atoms. The van der Waals surface area contributed by atoms with Crippen molar-refractivity contribution in [3.63, 3.8) is 0 Å². The van der Waals surface area contributed by atoms with E-state index in [1.807, 2.05) is 36.4 Å². The van der Waals surface area contributed by atoms with Crippen molar-refractivity contribution in [1.82, 2.24) is 4.90 Å². The van der Waals surface area contributed by atoms with Crippen LogP contribution in [-0.2, 0) is 11.3 Å². The number of amidine groups is 2. The fourth-order valence-electron chi connectivity index (χ4n) is 2.44. The van der Waals surface area contributed by atoms with Gasteiger partial charge in [0.1, 0.15) is 5.84 Å². The minimum absolute atomic E-state index is 0.182. The SMILES string of the molecule is O=C(CCCCl)N=C1N=C2C=CC(I)=CN2Cc2ccccc21. The van der Waals surface area contributed by atoms with Gasteiger partial charge in [-0.2, -0.15) is 4.99 Å². The summed E-state index contributed by atoms with van der Waals surface area (Å²) in [6.45, 7) is 0.709. The normalized spacial score (nSPS) is 18.0. The number of hydrogen-bond donors (Lipinski definition) is 0. The molecule has 0 saturated carbocycles. The van der Waals surface area contributed by atoms with Crippen molar-refractivity contribution in [3.8, 4) is 0 Å². The second kappa shape index (κ2) is 7.40. The molecule has 0 atom stereocenters. The molecule has 4 nitrogen and oxygen atoms in total. The van der Waals surface area contributed by atoms with Gasteiger partial charge in [-0.1, -0.05) is 24.3 Å². The molecule has 118 valence electrons. The van der Waals surface area contributed by atoms with Gasteiger partial charge in [-0.3, -0.25) is 4.79 Å². The lowest BCUT2D eigenvalue weighted by Gasteiger charge is -2.21. The molecule has 0 aliphatic carbocycles. The molecule has 0 fully saturated rings. The van der Waals surface area contributed by atoms with Crippen LogP contribution in [0, 0.1) is 0 Å². The Balaban J connectivity index is 2.03. The number of alkyl halides is 1. The van der Waals surface area contributed by atoms with Crippen molar-refractivity contribution < 1.29 is 4.79 Å². The topological polar surface area (TPSA) is 45.0 Å². The predicted octanol–water partition coefficient (Wildman–Crippen LogP) is 4.04. The van der Waals surface area contributed by atoms with E-state index in [0.717, 1.165) is 20.5 Å². The first-order valence-electron chi connectivity index (χ1n) is 7.34. The number of halogens is 2. The molecule has 1 aromatic carbocycles. The van der Waals surface area contributed by atoms with E-state index in [9.17, 15) is 4.79 Å². The average molecular weight is 440 g/mol. The molecule has 0 unspecified atom stereocenters. The minimum atomic E-state index is -0.182. The molecule has 2 heterocycles. The molecule has 0 N–H and O–H groups in total. The van der Waals surface area contributed by atoms with Gasteiger partial charge in [0, 0.05) is 34.2 Å². The van der Waals surface area contributed by atoms with Crippen LogP contribution >= 0.6 is 34.2 Å². The maximum Gasteiger partial charge on any atom is 0.247 e. The minimum Gasteiger partial charge on any atom is -0.327 e. The first kappa shape index (κ1) is 16.4. The summed E-state index contributed by atoms with van der Waals surface area (Å²) in [7, 11) is 0. The summed E-state index contributed by atoms with van der Waals surface area (Å²) in [5.41, 5.74) is 2.01. The maximum absolute atomic E-state index is 12.0. The van der Waals surface area contributed by atoms with Crippen molar-refractivity contribution in [3.05, 3.63) is 57.3 Å². The van der Waals surface area contributed by atoms with E-state index in [-0.39, 0.29) is 5.91 Å². The van der Waals surface area contributed by atoms with Crippen LogP contribution in [0.3, 0.4) is 0 Å². The third kappa shape index (κ3) is 3.90. The van der Waals surface area contributed by atoms with Gasteiger partial charge < -0.3 is 4.90 Å². The van der Waals surface area contributed by atoms with Gasteiger partial charge in [0.15, 0.2) is 5.84 Å². The highest BCUT2D eigenvalue weighted by molar-refractivity contribution is 14.1. The zero-order valence-electron chi connectivity index (χ0n) is 12.4. The molecular formula is C17H15ClIN3O. The molecule has 3 rings (SSSR count). The number of carbonyl (C=O) groups excluding carboxylic acids is 1. The molecule has 1 amide bonds. The second-order valence-corrected chi connectivity index (χ2v) is 6.85. The van der Waals surface area contributed by atoms with Crippen LogP contribution in [-0.4, -0.2) is 28.4 Å². The molecule has 0 bridgehead atoms. The quantitative estimate of drug-likeness (QED) is 0.527. The maximum atomic E-state index is 12.0. The van der Waals surface area contributed by atoms with E-state index < -0.39 is 0 Å². The molecule has 23 heavy (non-hydrogen) atoms. The van der Waals surface area contributed by atoms with E-state index >= 15 is 0 Å². The summed E-state index contributed by atoms with van der Waals surface area (Å²) < 4.78 is 1.14. The Kier molecular flexibility index (Phi) is 5.27. The van der Waals surface area contributed by atoms with Gasteiger partial charge >= 0.3 is 0 Å². The predicted molar refractivity (Wildman–Crippen MR) is 102 cm³/mol. The lowest BCUT2D eigenvalue weighted by molar-refractivity contribution is -0.117. The molecular weight excluding hydrogens is 425 g/mol. The summed E-state index contributed by atoms with van der Waals surface area (Å²) >= 11 is 7.93. The Morgan fingerprint density at radius 1 is 1.35 bits per heavy atom. The standard InChI is InChI=1S/C17H15ClIN3O/c18-9-3-6-16(23)21-17-14-5-2-1-4-12(14)10-22-11-13(19)7-8-15(22)20-17/h1-2,4-5,7-8,11H,3,6,9-10H2. The van der Waals surface area contributed by atoms with Crippen LogP contribution in [0.1, 0.15) is 24.0 Å². The summed E-state index contributed by atoms with van der Waals surface area (Å²) in [5.74, 6) is 1.55. The Labute approximate surface area is 153 Å². The monoisotopic (exact) mass is 439 g/mol. The smallest absolute Gasteiger partial charge is 0.247 e. The van der Waals surface area contributed by atoms with E-state index in [4.69, 9.17) is 11.6 Å². The highest BCUT2D eigenvalue weighted by atomic mass is 127. The lowest BCUT2D eigenvalue weighted by atomic mass is 10.1. The second-order valence-electron chi connectivity index (χ2n) is 5.22. The first-order valence-corrected chi connectivity index (χ1v) is 8.95. The Bertz CT molecular complexity index is 752. The molecule has 6 heteroatoms. The summed E-state index contributed by atoms with van der Waals surface area (Å²) in [4.78, 5) is 23.0. The molecule has 1 aromatic rings. The summed E-state index contributed by atoms with van der Waals surface area (Å²) in [6, 6.07) is 7.94. The number of amides is 1. The van der Waals surface area contributed by atoms with Gasteiger partial charge in [-0.05, 0) is 46.7 Å². The number of fused-ring (bicyclic) bond motifs is 2. The first-order chi connectivity index (χ1) is 11.2. The number of carbonyl (C=O) groups is 1. The number of allylic oxidation sites excluding steroid dienone is 2. The van der Waals surface area contributed by atoms with E-state index in [1.165, 1.54) is 0 Å². The molecule has 2 aliphatic heterocycles. The van der Waals surface area contributed by atoms with Crippen molar-refractivity contribution >= 4 is 51.8 Å². The van der Waals surface area contributed by atoms with Crippen LogP contribution < -0.4 is 0 Å². The van der Waals surface area contributed by atoms with Crippen LogP contribution in [0.15, 0.2) is 56.2 Å². The van der Waals surface area contributed by atoms with Gasteiger partial charge in [0.25, 0.3) is 0 Å². The van der Waals surface area contributed by atoms with Crippen molar-refractivity contribution in [2.24, 2.45) is 9.98 Å². The van der Waals surface area contributed by atoms with Crippen molar-refractivity contribution in [2.75, 3.05) is 5.88 Å². The van der Waals surface area contributed by atoms with Crippen LogP contribution in [0.5, 0.6) is 0 Å². The Morgan fingerprint density at radius 3 is 3.00 bits per heavy atom. The van der Waals surface area contributed by atoms with Gasteiger partial charge in [-0.15, -0.1) is 11.6 Å². The number of rotatable bonds is 3. The Morgan fingerprint density at radius 2 is 2.17 bits per heavy atom. The van der Waals surface area contributed by atoms with Gasteiger partial charge in [-0.25, -0.2) is 4.99 Å². The highest BCUT2D eigenvalue weighted by Crippen LogP contribution is 2.24. The highest BCUT2D eigenvalue weighted by Gasteiger charge is 2.21. The van der Waals surface area contributed by atoms with Crippen molar-refractivity contribution in [2.45, 2.75) is 19.4 Å². The van der Waals surface area contributed by atoms with Crippen LogP contribution in [0.25, 0.3) is 0 Å². The third-order valence-electron chi connectivity index (χ3n) is 3.54. The molecule has 0 radical (unpaired) electrons. The zero-order valence-corrected chi connectivity index (χ0v) is 15.3. The summed E-state index contributed by atoms with van der Waals surface area (Å²) in [6.07, 6.45) is 6.97. The third-order valence-corrected chi connectivity index (χ3v) is 4.44. The average Bonchev–Trinajstić information content (AvgIpc) is 2.69. The van der Waals surface area contributed by atoms with Gasteiger partial charge in [0.2, 0.25) is 5.91 Å². The molecule has 0 aromatic heterocycles. The van der Waals surface area contributed by atoms with Crippen LogP contribution in [0.2, 0.25) is 0 Å². The van der Waals surface area contributed by atoms with Crippen LogP contribution in [0.4, 0.5) is 0 Å². The number of hydrogen-bond acceptors (Lipinski definition) is 2. The number of aliphatic imine (C=N–C) groups is 2. The lowest BCUT2D eigenvalue weighted by Crippen LogP contribution is -2.24. The Hall–Kier alpha value is -1.47. The zero-order chi connectivity index (χ0) is 16.2. The number of nitrogens with zero attached hydrogens (tertiary/aromatic N) is 3. The largest absolute Gasteiger partial charge is 0.327 e. The van der Waals surface area contributed by atoms with E-state index in [1.54, 1.807) is 0 Å². The fraction of sp³-hybridized carbons (Fsp3) is 0.235. The number of benzene rings is 1. The fourth-order valence-corrected chi connectivity index (χ4v) is 3.09. The van der Waals surface area contributed by atoms with E-state index in [0.29, 0.717) is 31.1 Å². The van der Waals surface area contributed by atoms with Crippen molar-refractivity contribution in [1.29, 1.82) is 0 Å². The molecule has 0 saturated heterocycles.